The fourth-order valence-electron chi connectivity index (χ4n) is 1.90. The molecular weight excluding hydrogens is 248 g/mol. The molecule has 1 rings (SSSR count). The lowest BCUT2D eigenvalue weighted by atomic mass is 10.1. The van der Waals surface area contributed by atoms with Crippen molar-refractivity contribution < 1.29 is 4.74 Å². The molecule has 0 saturated carbocycles. The van der Waals surface area contributed by atoms with Gasteiger partial charge in [-0.15, -0.1) is 0 Å². The van der Waals surface area contributed by atoms with Crippen LogP contribution in [0.4, 0.5) is 0 Å². The molecule has 102 valence electrons. The summed E-state index contributed by atoms with van der Waals surface area (Å²) in [6.45, 7) is 6.92. The van der Waals surface area contributed by atoms with Gasteiger partial charge in [-0.25, -0.2) is 0 Å². The third-order valence-electron chi connectivity index (χ3n) is 3.00. The van der Waals surface area contributed by atoms with E-state index < -0.39 is 0 Å². The van der Waals surface area contributed by atoms with Crippen molar-refractivity contribution in [2.75, 3.05) is 20.2 Å². The SMILES string of the molecule is COc1ccc(Cl)cc1CN(CCCN)C(C)C. The fraction of sp³-hybridized carbons (Fsp3) is 0.571. The van der Waals surface area contributed by atoms with Gasteiger partial charge in [0.1, 0.15) is 5.75 Å². The monoisotopic (exact) mass is 270 g/mol. The first-order valence-corrected chi connectivity index (χ1v) is 6.72. The van der Waals surface area contributed by atoms with Crippen molar-refractivity contribution in [2.24, 2.45) is 5.73 Å². The second-order valence-corrected chi connectivity index (χ2v) is 5.10. The summed E-state index contributed by atoms with van der Waals surface area (Å²) in [5.41, 5.74) is 6.70. The Kier molecular flexibility index (Phi) is 6.47. The third-order valence-corrected chi connectivity index (χ3v) is 3.23. The van der Waals surface area contributed by atoms with E-state index in [1.54, 1.807) is 7.11 Å². The predicted molar refractivity (Wildman–Crippen MR) is 77.2 cm³/mol. The zero-order chi connectivity index (χ0) is 13.5. The number of methoxy groups -OCH3 is 1. The molecule has 0 spiro atoms. The molecule has 0 saturated heterocycles. The minimum Gasteiger partial charge on any atom is -0.496 e. The van der Waals surface area contributed by atoms with Crippen LogP contribution in [0.1, 0.15) is 25.8 Å². The minimum atomic E-state index is 0.472. The molecule has 0 bridgehead atoms. The van der Waals surface area contributed by atoms with Crippen LogP contribution in [0.5, 0.6) is 5.75 Å². The van der Waals surface area contributed by atoms with E-state index >= 15 is 0 Å². The highest BCUT2D eigenvalue weighted by atomic mass is 35.5. The average Bonchev–Trinajstić information content (AvgIpc) is 2.34. The fourth-order valence-corrected chi connectivity index (χ4v) is 2.10. The van der Waals surface area contributed by atoms with Gasteiger partial charge in [-0.1, -0.05) is 11.6 Å². The first-order valence-electron chi connectivity index (χ1n) is 6.35. The summed E-state index contributed by atoms with van der Waals surface area (Å²) in [6.07, 6.45) is 1.00. The molecule has 0 aliphatic rings. The molecule has 0 radical (unpaired) electrons. The van der Waals surface area contributed by atoms with E-state index in [4.69, 9.17) is 22.1 Å². The van der Waals surface area contributed by atoms with Crippen molar-refractivity contribution >= 4 is 11.6 Å². The Balaban J connectivity index is 2.81. The van der Waals surface area contributed by atoms with Crippen LogP contribution >= 0.6 is 11.6 Å². The van der Waals surface area contributed by atoms with Crippen LogP contribution in [0.25, 0.3) is 0 Å². The zero-order valence-corrected chi connectivity index (χ0v) is 12.2. The molecule has 0 atom stereocenters. The molecule has 18 heavy (non-hydrogen) atoms. The minimum absolute atomic E-state index is 0.472. The molecule has 0 fully saturated rings. The van der Waals surface area contributed by atoms with Crippen LogP contribution in [0.2, 0.25) is 5.02 Å². The van der Waals surface area contributed by atoms with E-state index in [0.29, 0.717) is 6.04 Å². The smallest absolute Gasteiger partial charge is 0.123 e. The molecule has 0 aromatic heterocycles. The third kappa shape index (κ3) is 4.48. The maximum absolute atomic E-state index is 6.05. The maximum Gasteiger partial charge on any atom is 0.123 e. The Morgan fingerprint density at radius 1 is 1.39 bits per heavy atom. The summed E-state index contributed by atoms with van der Waals surface area (Å²) < 4.78 is 5.38. The van der Waals surface area contributed by atoms with Crippen LogP contribution in [0.3, 0.4) is 0 Å². The van der Waals surface area contributed by atoms with Gasteiger partial charge in [0.2, 0.25) is 0 Å². The summed E-state index contributed by atoms with van der Waals surface area (Å²) in [4.78, 5) is 2.38. The highest BCUT2D eigenvalue weighted by Gasteiger charge is 2.13. The maximum atomic E-state index is 6.05. The van der Waals surface area contributed by atoms with Crippen LogP contribution in [-0.2, 0) is 6.54 Å². The van der Waals surface area contributed by atoms with E-state index in [2.05, 4.69) is 18.7 Å². The molecular formula is C14H23ClN2O. The van der Waals surface area contributed by atoms with Gasteiger partial charge in [-0.2, -0.15) is 0 Å². The number of ether oxygens (including phenoxy) is 1. The number of rotatable bonds is 7. The molecule has 3 nitrogen and oxygen atoms in total. The van der Waals surface area contributed by atoms with Crippen LogP contribution in [-0.4, -0.2) is 31.1 Å². The zero-order valence-electron chi connectivity index (χ0n) is 11.4. The molecule has 4 heteroatoms. The second-order valence-electron chi connectivity index (χ2n) is 4.66. The molecule has 0 unspecified atom stereocenters. The summed E-state index contributed by atoms with van der Waals surface area (Å²) in [6, 6.07) is 6.21. The predicted octanol–water partition coefficient (Wildman–Crippen LogP) is 2.91. The van der Waals surface area contributed by atoms with Crippen molar-refractivity contribution in [2.45, 2.75) is 32.9 Å². The first kappa shape index (κ1) is 15.3. The van der Waals surface area contributed by atoms with E-state index in [-0.39, 0.29) is 0 Å². The normalized spacial score (nSPS) is 11.3. The molecule has 0 aliphatic heterocycles. The van der Waals surface area contributed by atoms with Crippen molar-refractivity contribution in [1.29, 1.82) is 0 Å². The Labute approximate surface area is 115 Å². The van der Waals surface area contributed by atoms with Gasteiger partial charge >= 0.3 is 0 Å². The van der Waals surface area contributed by atoms with Gasteiger partial charge in [0.15, 0.2) is 0 Å². The van der Waals surface area contributed by atoms with Crippen molar-refractivity contribution in [1.82, 2.24) is 4.90 Å². The van der Waals surface area contributed by atoms with Gasteiger partial charge in [0.25, 0.3) is 0 Å². The van der Waals surface area contributed by atoms with Gasteiger partial charge in [-0.05, 0) is 51.6 Å². The van der Waals surface area contributed by atoms with Crippen LogP contribution < -0.4 is 10.5 Å². The molecule has 2 N–H and O–H groups in total. The highest BCUT2D eigenvalue weighted by Crippen LogP contribution is 2.24. The molecule has 1 aromatic carbocycles. The van der Waals surface area contributed by atoms with Crippen LogP contribution in [0.15, 0.2) is 18.2 Å². The standard InChI is InChI=1S/C14H23ClN2O/c1-11(2)17(8-4-7-16)10-12-9-13(15)5-6-14(12)18-3/h5-6,9,11H,4,7-8,10,16H2,1-3H3. The Morgan fingerprint density at radius 3 is 2.67 bits per heavy atom. The number of nitrogens with zero attached hydrogens (tertiary/aromatic N) is 1. The Morgan fingerprint density at radius 2 is 2.11 bits per heavy atom. The summed E-state index contributed by atoms with van der Waals surface area (Å²) in [7, 11) is 1.69. The van der Waals surface area contributed by atoms with Gasteiger partial charge in [-0.3, -0.25) is 4.90 Å². The van der Waals surface area contributed by atoms with E-state index in [0.717, 1.165) is 42.4 Å². The summed E-state index contributed by atoms with van der Waals surface area (Å²) >= 11 is 6.05. The lowest BCUT2D eigenvalue weighted by Gasteiger charge is -2.27. The van der Waals surface area contributed by atoms with Crippen molar-refractivity contribution in [3.8, 4) is 5.75 Å². The highest BCUT2D eigenvalue weighted by molar-refractivity contribution is 6.30. The quantitative estimate of drug-likeness (QED) is 0.828. The average molecular weight is 271 g/mol. The van der Waals surface area contributed by atoms with E-state index in [9.17, 15) is 0 Å². The number of hydrogen-bond acceptors (Lipinski definition) is 3. The lowest BCUT2D eigenvalue weighted by molar-refractivity contribution is 0.209. The number of benzene rings is 1. The van der Waals surface area contributed by atoms with Crippen molar-refractivity contribution in [3.63, 3.8) is 0 Å². The summed E-state index contributed by atoms with van der Waals surface area (Å²) in [5, 5.41) is 0.744. The Hall–Kier alpha value is -0.770. The van der Waals surface area contributed by atoms with Gasteiger partial charge in [0.05, 0.1) is 7.11 Å². The molecule has 0 aliphatic carbocycles. The topological polar surface area (TPSA) is 38.5 Å². The second kappa shape index (κ2) is 7.62. The Bertz CT molecular complexity index is 369. The number of hydrogen-bond donors (Lipinski definition) is 1. The van der Waals surface area contributed by atoms with Crippen molar-refractivity contribution in [3.05, 3.63) is 28.8 Å². The van der Waals surface area contributed by atoms with E-state index in [1.807, 2.05) is 18.2 Å². The number of halogens is 1. The van der Waals surface area contributed by atoms with Gasteiger partial charge < -0.3 is 10.5 Å². The largest absolute Gasteiger partial charge is 0.496 e. The van der Waals surface area contributed by atoms with E-state index in [1.165, 1.54) is 0 Å². The number of nitrogens with two attached hydrogens (primary N) is 1. The first-order chi connectivity index (χ1) is 8.58. The van der Waals surface area contributed by atoms with Gasteiger partial charge in [0, 0.05) is 23.2 Å². The molecule has 0 amide bonds. The lowest BCUT2D eigenvalue weighted by Crippen LogP contribution is -2.32. The summed E-state index contributed by atoms with van der Waals surface area (Å²) in [5.74, 6) is 0.887. The molecule has 0 heterocycles. The molecule has 1 aromatic rings. The van der Waals surface area contributed by atoms with Crippen LogP contribution in [0, 0.1) is 0 Å².